The highest BCUT2D eigenvalue weighted by Crippen LogP contribution is 2.43. The van der Waals surface area contributed by atoms with Gasteiger partial charge in [0.2, 0.25) is 5.91 Å². The van der Waals surface area contributed by atoms with Crippen molar-refractivity contribution in [1.29, 1.82) is 0 Å². The lowest BCUT2D eigenvalue weighted by molar-refractivity contribution is -0.140. The van der Waals surface area contributed by atoms with E-state index >= 15 is 4.39 Å². The maximum atomic E-state index is 16.1. The molecule has 0 aliphatic carbocycles. The summed E-state index contributed by atoms with van der Waals surface area (Å²) < 4.78 is 117. The first-order valence-electron chi connectivity index (χ1n) is 16.8. The number of aliphatic carboxylic acids is 1. The van der Waals surface area contributed by atoms with Gasteiger partial charge in [0.1, 0.15) is 17.7 Å². The van der Waals surface area contributed by atoms with Gasteiger partial charge in [-0.1, -0.05) is 13.8 Å². The van der Waals surface area contributed by atoms with Crippen molar-refractivity contribution in [1.82, 2.24) is 14.8 Å². The minimum Gasteiger partial charge on any atom is -0.481 e. The average molecular weight is 744 g/mol. The lowest BCUT2D eigenvalue weighted by Gasteiger charge is -2.31. The number of rotatable bonds is 12. The van der Waals surface area contributed by atoms with E-state index in [0.717, 1.165) is 23.3 Å². The van der Waals surface area contributed by atoms with Crippen LogP contribution in [0, 0.1) is 45.2 Å². The fourth-order valence-electron chi connectivity index (χ4n) is 6.74. The number of hydrogen-bond donors (Lipinski definition) is 2. The fourth-order valence-corrected chi connectivity index (χ4v) is 6.74. The van der Waals surface area contributed by atoms with Crippen LogP contribution in [0.15, 0.2) is 29.2 Å². The topological polar surface area (TPSA) is 91.6 Å². The molecule has 2 N–H and O–H groups in total. The molecule has 2 aromatic carbocycles. The Morgan fingerprint density at radius 3 is 2.04 bits per heavy atom. The number of aryl methyl sites for hydroxylation is 1. The second-order valence-corrected chi connectivity index (χ2v) is 13.8. The molecule has 15 heteroatoms. The van der Waals surface area contributed by atoms with Gasteiger partial charge in [0, 0.05) is 24.4 Å². The Morgan fingerprint density at radius 1 is 0.904 bits per heavy atom. The molecule has 1 aliphatic rings. The van der Waals surface area contributed by atoms with Crippen molar-refractivity contribution in [2.75, 3.05) is 19.6 Å². The van der Waals surface area contributed by atoms with E-state index in [2.05, 4.69) is 5.32 Å². The molecule has 0 radical (unpaired) electrons. The maximum Gasteiger partial charge on any atom is 0.419 e. The maximum absolute atomic E-state index is 16.1. The summed E-state index contributed by atoms with van der Waals surface area (Å²) in [6, 6.07) is -1.42. The number of hydrogen-bond acceptors (Lipinski definition) is 4. The van der Waals surface area contributed by atoms with Gasteiger partial charge in [-0.2, -0.15) is 26.3 Å². The Labute approximate surface area is 295 Å². The van der Waals surface area contributed by atoms with Gasteiger partial charge in [0.25, 0.3) is 5.56 Å². The smallest absolute Gasteiger partial charge is 0.419 e. The highest BCUT2D eigenvalue weighted by Gasteiger charge is 2.40. The van der Waals surface area contributed by atoms with Crippen LogP contribution < -0.4 is 10.9 Å². The molecule has 2 atom stereocenters. The molecule has 52 heavy (non-hydrogen) atoms. The quantitative estimate of drug-likeness (QED) is 0.183. The van der Waals surface area contributed by atoms with Crippen LogP contribution in [0.2, 0.25) is 0 Å². The normalized spacial score (nSPS) is 15.1. The number of carbonyl (C=O) groups is 2. The Morgan fingerprint density at radius 2 is 1.52 bits per heavy atom. The first-order chi connectivity index (χ1) is 24.0. The zero-order valence-electron chi connectivity index (χ0n) is 29.6. The summed E-state index contributed by atoms with van der Waals surface area (Å²) in [4.78, 5) is 41.4. The highest BCUT2D eigenvalue weighted by atomic mass is 19.4. The third-order valence-corrected chi connectivity index (χ3v) is 9.67. The lowest BCUT2D eigenvalue weighted by Crippen LogP contribution is -2.41. The standard InChI is InChI=1S/C37H41F8N3O4/c1-18(2)12-29(48-17-23(8-11-47-9-7-10-47)25(15-30(48)49)36(40,41)42)35(52)46-28(16-31(50)51)33-22(6)24(14-26(34(33)39)37(43,44)45)32-19(3)13-27(38)20(4)21(32)5/h13-15,17-18,28-29H,7-12,16H2,1-6H3,(H,46,52)(H,50,51)/t28-,29-/m0/s1. The molecule has 1 fully saturated rings. The van der Waals surface area contributed by atoms with Crippen LogP contribution in [0.25, 0.3) is 11.1 Å². The van der Waals surface area contributed by atoms with Crippen molar-refractivity contribution in [3.63, 3.8) is 0 Å². The second kappa shape index (κ2) is 15.4. The molecular formula is C37H41F8N3O4. The van der Waals surface area contributed by atoms with Crippen LogP contribution in [0.1, 0.15) is 89.7 Å². The molecule has 3 aromatic rings. The summed E-state index contributed by atoms with van der Waals surface area (Å²) >= 11 is 0. The van der Waals surface area contributed by atoms with E-state index in [1.807, 2.05) is 4.90 Å². The summed E-state index contributed by atoms with van der Waals surface area (Å²) in [6.07, 6.45) is -9.69. The van der Waals surface area contributed by atoms with Gasteiger partial charge in [0.05, 0.1) is 23.6 Å². The van der Waals surface area contributed by atoms with Gasteiger partial charge in [-0.25, -0.2) is 8.78 Å². The van der Waals surface area contributed by atoms with E-state index in [9.17, 15) is 50.2 Å². The SMILES string of the molecule is Cc1cc(F)c(C)c(C)c1-c1cc(C(F)(F)F)c(F)c([C@H](CC(=O)O)NC(=O)[C@H](CC(C)C)n2cc(CCN3CCC3)c(C(F)(F)F)cc2=O)c1C. The second-order valence-electron chi connectivity index (χ2n) is 13.8. The summed E-state index contributed by atoms with van der Waals surface area (Å²) in [5.41, 5.74) is -4.73. The number of pyridine rings is 1. The lowest BCUT2D eigenvalue weighted by atomic mass is 9.84. The molecule has 1 amide bonds. The minimum atomic E-state index is -5.28. The number of halogens is 8. The van der Waals surface area contributed by atoms with Gasteiger partial charge in [0.15, 0.2) is 0 Å². The van der Waals surface area contributed by atoms with Gasteiger partial charge in [-0.05, 0) is 117 Å². The number of nitrogens with one attached hydrogen (secondary N) is 1. The van der Waals surface area contributed by atoms with Crippen LogP contribution in [0.5, 0.6) is 0 Å². The van der Waals surface area contributed by atoms with Gasteiger partial charge in [-0.3, -0.25) is 14.4 Å². The molecule has 0 spiro atoms. The summed E-state index contributed by atoms with van der Waals surface area (Å²) in [6.45, 7) is 10.6. The van der Waals surface area contributed by atoms with E-state index in [4.69, 9.17) is 0 Å². The Kier molecular flexibility index (Phi) is 12.0. The molecule has 1 aromatic heterocycles. The molecule has 0 saturated carbocycles. The molecule has 0 bridgehead atoms. The number of likely N-dealkylation sites (tertiary alicyclic amines) is 1. The fraction of sp³-hybridized carbons (Fsp3) is 0.486. The number of nitrogens with zero attached hydrogens (tertiary/aromatic N) is 2. The number of benzene rings is 2. The predicted molar refractivity (Wildman–Crippen MR) is 178 cm³/mol. The number of alkyl halides is 6. The molecule has 7 nitrogen and oxygen atoms in total. The van der Waals surface area contributed by atoms with Crippen molar-refractivity contribution in [2.45, 2.75) is 91.7 Å². The Hall–Kier alpha value is -4.27. The van der Waals surface area contributed by atoms with Crippen LogP contribution in [-0.4, -0.2) is 46.1 Å². The van der Waals surface area contributed by atoms with Crippen molar-refractivity contribution >= 4 is 11.9 Å². The summed E-state index contributed by atoms with van der Waals surface area (Å²) in [7, 11) is 0. The van der Waals surface area contributed by atoms with Gasteiger partial charge in [-0.15, -0.1) is 0 Å². The number of carboxylic acids is 1. The van der Waals surface area contributed by atoms with Crippen LogP contribution >= 0.6 is 0 Å². The largest absolute Gasteiger partial charge is 0.481 e. The third kappa shape index (κ3) is 8.67. The Bertz CT molecular complexity index is 1910. The van der Waals surface area contributed by atoms with Crippen LogP contribution in [0.4, 0.5) is 35.1 Å². The zero-order chi connectivity index (χ0) is 39.0. The molecule has 2 heterocycles. The highest BCUT2D eigenvalue weighted by molar-refractivity contribution is 5.83. The summed E-state index contributed by atoms with van der Waals surface area (Å²) in [5, 5.41) is 12.2. The number of aromatic nitrogens is 1. The van der Waals surface area contributed by atoms with E-state index in [0.29, 0.717) is 25.2 Å². The van der Waals surface area contributed by atoms with E-state index < -0.39 is 76.6 Å². The van der Waals surface area contributed by atoms with Crippen LogP contribution in [0.3, 0.4) is 0 Å². The first kappa shape index (κ1) is 40.5. The van der Waals surface area contributed by atoms with Crippen molar-refractivity contribution in [2.24, 2.45) is 5.92 Å². The summed E-state index contributed by atoms with van der Waals surface area (Å²) in [5.74, 6) is -5.55. The molecule has 1 saturated heterocycles. The van der Waals surface area contributed by atoms with Gasteiger partial charge < -0.3 is 19.9 Å². The van der Waals surface area contributed by atoms with E-state index in [1.54, 1.807) is 13.8 Å². The number of amides is 1. The average Bonchev–Trinajstić information content (AvgIpc) is 2.98. The minimum absolute atomic E-state index is 0.105. The van der Waals surface area contributed by atoms with E-state index in [1.165, 1.54) is 27.7 Å². The monoisotopic (exact) mass is 743 g/mol. The van der Waals surface area contributed by atoms with Crippen molar-refractivity contribution < 1.29 is 49.8 Å². The zero-order valence-corrected chi connectivity index (χ0v) is 29.6. The van der Waals surface area contributed by atoms with Crippen LogP contribution in [-0.2, 0) is 28.4 Å². The van der Waals surface area contributed by atoms with E-state index in [-0.39, 0.29) is 64.2 Å². The molecule has 1 aliphatic heterocycles. The molecule has 284 valence electrons. The molecule has 4 rings (SSSR count). The first-order valence-corrected chi connectivity index (χ1v) is 16.8. The van der Waals surface area contributed by atoms with Crippen molar-refractivity contribution in [3.8, 4) is 11.1 Å². The predicted octanol–water partition coefficient (Wildman–Crippen LogP) is 8.23. The Balaban J connectivity index is 1.90. The number of carbonyl (C=O) groups excluding carboxylic acids is 1. The molecule has 0 unspecified atom stereocenters. The number of carboxylic acid groups (broad SMARTS) is 1. The third-order valence-electron chi connectivity index (χ3n) is 9.67. The molecular weight excluding hydrogens is 702 g/mol. The van der Waals surface area contributed by atoms with Gasteiger partial charge >= 0.3 is 18.3 Å². The van der Waals surface area contributed by atoms with Crippen molar-refractivity contribution in [3.05, 3.63) is 90.9 Å².